The molecule has 3 aromatic carbocycles. The molecule has 0 aliphatic carbocycles. The molecule has 2 N–H and O–H groups in total. The molecule has 0 radical (unpaired) electrons. The molecule has 0 aliphatic heterocycles. The highest BCUT2D eigenvalue weighted by atomic mass is 79.9. The number of para-hydroxylation sites is 1. The number of anilines is 1. The number of pyridine rings is 1. The second-order valence-corrected chi connectivity index (χ2v) is 8.05. The molecule has 7 nitrogen and oxygen atoms in total. The molecule has 0 unspecified atom stereocenters. The van der Waals surface area contributed by atoms with E-state index in [1.165, 1.54) is 18.2 Å². The number of hydrogen-bond donors (Lipinski definition) is 2. The molecule has 0 saturated heterocycles. The lowest BCUT2D eigenvalue weighted by atomic mass is 10.1. The monoisotopic (exact) mass is 504 g/mol. The second kappa shape index (κ2) is 9.62. The van der Waals surface area contributed by atoms with Crippen molar-refractivity contribution in [3.63, 3.8) is 0 Å². The number of esters is 1. The van der Waals surface area contributed by atoms with Gasteiger partial charge in [0.25, 0.3) is 5.91 Å². The topological polar surface area (TPSA) is 105 Å². The fourth-order valence-electron chi connectivity index (χ4n) is 3.21. The van der Waals surface area contributed by atoms with Gasteiger partial charge in [0.2, 0.25) is 5.56 Å². The van der Waals surface area contributed by atoms with E-state index in [9.17, 15) is 19.2 Å². The highest BCUT2D eigenvalue weighted by molar-refractivity contribution is 9.10. The van der Waals surface area contributed by atoms with Crippen LogP contribution in [0.25, 0.3) is 10.9 Å². The number of nitrogens with one attached hydrogen (secondary N) is 2. The summed E-state index contributed by atoms with van der Waals surface area (Å²) < 4.78 is 5.94. The molecular formula is C25H17BrN2O5. The first-order chi connectivity index (χ1) is 15.9. The first-order valence-electron chi connectivity index (χ1n) is 9.90. The van der Waals surface area contributed by atoms with Crippen molar-refractivity contribution in [3.8, 4) is 0 Å². The summed E-state index contributed by atoms with van der Waals surface area (Å²) >= 11 is 3.30. The smallest absolute Gasteiger partial charge is 0.338 e. The minimum absolute atomic E-state index is 0.234. The van der Waals surface area contributed by atoms with Crippen LogP contribution in [-0.4, -0.2) is 29.3 Å². The lowest BCUT2D eigenvalue weighted by molar-refractivity contribution is 0.0475. The standard InChI is InChI=1S/C25H17BrN2O5/c26-17-9-5-15(6-10-17)22(29)14-33-25(32)16-7-11-18(12-8-16)27-24(31)20-13-23(30)28-21-4-2-1-3-19(20)21/h1-13H,14H2,(H,27,31)(H,28,30). The Hall–Kier alpha value is -4.04. The Morgan fingerprint density at radius 1 is 0.879 bits per heavy atom. The predicted molar refractivity (Wildman–Crippen MR) is 128 cm³/mol. The Morgan fingerprint density at radius 3 is 2.27 bits per heavy atom. The number of benzene rings is 3. The van der Waals surface area contributed by atoms with Crippen LogP contribution in [0.2, 0.25) is 0 Å². The molecule has 0 spiro atoms. The number of amides is 1. The molecule has 0 bridgehead atoms. The van der Waals surface area contributed by atoms with Gasteiger partial charge in [0.05, 0.1) is 11.1 Å². The minimum atomic E-state index is -0.654. The molecule has 1 aromatic heterocycles. The number of aromatic amines is 1. The molecule has 0 aliphatic rings. The molecule has 33 heavy (non-hydrogen) atoms. The van der Waals surface area contributed by atoms with Gasteiger partial charge >= 0.3 is 5.97 Å². The fraction of sp³-hybridized carbons (Fsp3) is 0.0400. The zero-order valence-electron chi connectivity index (χ0n) is 17.1. The van der Waals surface area contributed by atoms with Gasteiger partial charge < -0.3 is 15.0 Å². The Morgan fingerprint density at radius 2 is 1.55 bits per heavy atom. The maximum atomic E-state index is 12.7. The van der Waals surface area contributed by atoms with E-state index in [0.29, 0.717) is 22.2 Å². The lowest BCUT2D eigenvalue weighted by Gasteiger charge is -2.09. The van der Waals surface area contributed by atoms with E-state index < -0.39 is 11.9 Å². The van der Waals surface area contributed by atoms with Gasteiger partial charge in [0.15, 0.2) is 12.4 Å². The number of fused-ring (bicyclic) bond motifs is 1. The summed E-state index contributed by atoms with van der Waals surface area (Å²) in [7, 11) is 0. The number of halogens is 1. The van der Waals surface area contributed by atoms with Crippen LogP contribution in [0.15, 0.2) is 88.1 Å². The largest absolute Gasteiger partial charge is 0.454 e. The van der Waals surface area contributed by atoms with Crippen LogP contribution < -0.4 is 10.9 Å². The first kappa shape index (κ1) is 22.2. The molecule has 0 fully saturated rings. The SMILES string of the molecule is O=C(COC(=O)c1ccc(NC(=O)c2cc(=O)[nH]c3ccccc23)cc1)c1ccc(Br)cc1. The van der Waals surface area contributed by atoms with Crippen molar-refractivity contribution < 1.29 is 19.1 Å². The van der Waals surface area contributed by atoms with Crippen LogP contribution in [-0.2, 0) is 4.74 Å². The van der Waals surface area contributed by atoms with Crippen molar-refractivity contribution in [2.24, 2.45) is 0 Å². The van der Waals surface area contributed by atoms with E-state index in [4.69, 9.17) is 4.74 Å². The van der Waals surface area contributed by atoms with Gasteiger partial charge in [-0.05, 0) is 42.5 Å². The van der Waals surface area contributed by atoms with Gasteiger partial charge in [-0.15, -0.1) is 0 Å². The third-order valence-corrected chi connectivity index (χ3v) is 5.40. The number of hydrogen-bond acceptors (Lipinski definition) is 5. The van der Waals surface area contributed by atoms with Gasteiger partial charge in [-0.1, -0.05) is 46.3 Å². The fourth-order valence-corrected chi connectivity index (χ4v) is 3.48. The van der Waals surface area contributed by atoms with Gasteiger partial charge in [-0.25, -0.2) is 4.79 Å². The van der Waals surface area contributed by atoms with Crippen molar-refractivity contribution in [3.05, 3.63) is 110 Å². The molecule has 4 rings (SSSR count). The summed E-state index contributed by atoms with van der Waals surface area (Å²) in [6.07, 6.45) is 0. The Bertz CT molecular complexity index is 1410. The molecule has 164 valence electrons. The normalized spacial score (nSPS) is 10.6. The molecule has 4 aromatic rings. The van der Waals surface area contributed by atoms with Crippen LogP contribution in [0.4, 0.5) is 5.69 Å². The lowest BCUT2D eigenvalue weighted by Crippen LogP contribution is -2.17. The molecule has 0 atom stereocenters. The van der Waals surface area contributed by atoms with Crippen molar-refractivity contribution in [1.82, 2.24) is 4.98 Å². The van der Waals surface area contributed by atoms with Gasteiger partial charge in [-0.2, -0.15) is 0 Å². The van der Waals surface area contributed by atoms with E-state index in [-0.39, 0.29) is 29.1 Å². The van der Waals surface area contributed by atoms with Crippen LogP contribution in [0.1, 0.15) is 31.1 Å². The van der Waals surface area contributed by atoms with Crippen LogP contribution in [0, 0.1) is 0 Å². The van der Waals surface area contributed by atoms with E-state index in [1.54, 1.807) is 60.7 Å². The zero-order valence-corrected chi connectivity index (χ0v) is 18.7. The average molecular weight is 505 g/mol. The Labute approximate surface area is 196 Å². The molecule has 0 saturated carbocycles. The van der Waals surface area contributed by atoms with Gasteiger partial charge in [0, 0.05) is 32.7 Å². The van der Waals surface area contributed by atoms with Crippen molar-refractivity contribution in [2.75, 3.05) is 11.9 Å². The van der Waals surface area contributed by atoms with E-state index in [2.05, 4.69) is 26.2 Å². The second-order valence-electron chi connectivity index (χ2n) is 7.13. The van der Waals surface area contributed by atoms with E-state index in [1.807, 2.05) is 0 Å². The Kier molecular flexibility index (Phi) is 6.46. The number of ether oxygens (including phenoxy) is 1. The summed E-state index contributed by atoms with van der Waals surface area (Å²) in [5.41, 5.74) is 1.53. The predicted octanol–water partition coefficient (Wildman–Crippen LogP) is 4.58. The number of rotatable bonds is 6. The molecule has 1 amide bonds. The highest BCUT2D eigenvalue weighted by Crippen LogP contribution is 2.18. The summed E-state index contributed by atoms with van der Waals surface area (Å²) in [6.45, 7) is -0.380. The molecule has 1 heterocycles. The third kappa shape index (κ3) is 5.24. The number of carbonyl (C=O) groups excluding carboxylic acids is 3. The number of aromatic nitrogens is 1. The first-order valence-corrected chi connectivity index (χ1v) is 10.7. The summed E-state index contributed by atoms with van der Waals surface area (Å²) in [6, 6.07) is 21.0. The average Bonchev–Trinajstić information content (AvgIpc) is 2.82. The number of Topliss-reactive ketones (excluding diaryl/α,β-unsaturated/α-hetero) is 1. The molecular weight excluding hydrogens is 488 g/mol. The minimum Gasteiger partial charge on any atom is -0.454 e. The quantitative estimate of drug-likeness (QED) is 0.295. The third-order valence-electron chi connectivity index (χ3n) is 4.87. The highest BCUT2D eigenvalue weighted by Gasteiger charge is 2.14. The van der Waals surface area contributed by atoms with E-state index in [0.717, 1.165) is 4.47 Å². The maximum Gasteiger partial charge on any atom is 0.338 e. The van der Waals surface area contributed by atoms with Crippen LogP contribution >= 0.6 is 15.9 Å². The number of carbonyl (C=O) groups is 3. The summed E-state index contributed by atoms with van der Waals surface area (Å²) in [4.78, 5) is 51.7. The maximum absolute atomic E-state index is 12.7. The van der Waals surface area contributed by atoms with E-state index >= 15 is 0 Å². The van der Waals surface area contributed by atoms with Crippen molar-refractivity contribution >= 4 is 50.2 Å². The molecule has 8 heteroatoms. The van der Waals surface area contributed by atoms with Crippen LogP contribution in [0.3, 0.4) is 0 Å². The van der Waals surface area contributed by atoms with Crippen molar-refractivity contribution in [2.45, 2.75) is 0 Å². The van der Waals surface area contributed by atoms with Crippen LogP contribution in [0.5, 0.6) is 0 Å². The van der Waals surface area contributed by atoms with Gasteiger partial charge in [0.1, 0.15) is 0 Å². The summed E-state index contributed by atoms with van der Waals surface area (Å²) in [5.74, 6) is -1.42. The zero-order chi connectivity index (χ0) is 23.4. The van der Waals surface area contributed by atoms with Crippen molar-refractivity contribution in [1.29, 1.82) is 0 Å². The summed E-state index contributed by atoms with van der Waals surface area (Å²) in [5, 5.41) is 3.33. The number of H-pyrrole nitrogens is 1. The van der Waals surface area contributed by atoms with Gasteiger partial charge in [-0.3, -0.25) is 14.4 Å². The Balaban J connectivity index is 1.40. The number of ketones is 1.